The fourth-order valence-corrected chi connectivity index (χ4v) is 3.42. The minimum atomic E-state index is -0.703. The summed E-state index contributed by atoms with van der Waals surface area (Å²) in [5.41, 5.74) is 0. The van der Waals surface area contributed by atoms with E-state index in [0.29, 0.717) is 6.67 Å². The van der Waals surface area contributed by atoms with E-state index >= 15 is 0 Å². The van der Waals surface area contributed by atoms with Crippen LogP contribution in [-0.4, -0.2) is 40.3 Å². The molecule has 1 unspecified atom stereocenters. The molecule has 1 aliphatic heterocycles. The number of unbranched alkanes of at least 4 members (excludes halogenated alkanes) is 10. The molecule has 0 aromatic rings. The van der Waals surface area contributed by atoms with Gasteiger partial charge in [0.1, 0.15) is 6.20 Å². The lowest BCUT2D eigenvalue weighted by Crippen LogP contribution is -2.49. The van der Waals surface area contributed by atoms with E-state index < -0.39 is 6.09 Å². The van der Waals surface area contributed by atoms with Crippen LogP contribution < -0.4 is 0 Å². The molecule has 1 heterocycles. The van der Waals surface area contributed by atoms with Crippen LogP contribution in [0.3, 0.4) is 0 Å². The zero-order valence-electron chi connectivity index (χ0n) is 16.0. The number of hydrogen-bond acceptors (Lipinski definition) is 2. The van der Waals surface area contributed by atoms with Gasteiger partial charge in [0.25, 0.3) is 0 Å². The predicted octanol–water partition coefficient (Wildman–Crippen LogP) is 5.95. The fraction of sp³-hybridized carbons (Fsp3) is 0.850. The largest absolute Gasteiger partial charge is 0.519 e. The molecule has 0 fully saturated rings. The van der Waals surface area contributed by atoms with Crippen molar-refractivity contribution in [3.63, 3.8) is 0 Å². The van der Waals surface area contributed by atoms with Crippen LogP contribution in [0.25, 0.3) is 0 Å². The Morgan fingerprint density at radius 2 is 1.46 bits per heavy atom. The highest BCUT2D eigenvalue weighted by Crippen LogP contribution is 2.21. The SMILES string of the molecule is CCCCCCCCN1C=C[N+](CCCCCCCC)(C(=O)O)C1. The van der Waals surface area contributed by atoms with Gasteiger partial charge in [-0.2, -0.15) is 9.28 Å². The number of rotatable bonds is 14. The average molecular weight is 340 g/mol. The van der Waals surface area contributed by atoms with Crippen molar-refractivity contribution in [1.29, 1.82) is 0 Å². The Balaban J connectivity index is 2.24. The fourth-order valence-electron chi connectivity index (χ4n) is 3.42. The van der Waals surface area contributed by atoms with Crippen LogP contribution in [-0.2, 0) is 0 Å². The molecule has 0 bridgehead atoms. The van der Waals surface area contributed by atoms with Gasteiger partial charge in [0.2, 0.25) is 0 Å². The van der Waals surface area contributed by atoms with Crippen molar-refractivity contribution in [1.82, 2.24) is 4.90 Å². The topological polar surface area (TPSA) is 40.5 Å². The average Bonchev–Trinajstić information content (AvgIpc) is 2.99. The Morgan fingerprint density at radius 1 is 0.917 bits per heavy atom. The highest BCUT2D eigenvalue weighted by atomic mass is 16.4. The second kappa shape index (κ2) is 12.3. The molecule has 140 valence electrons. The van der Waals surface area contributed by atoms with Crippen molar-refractivity contribution in [3.05, 3.63) is 12.4 Å². The maximum atomic E-state index is 11.8. The molecule has 4 heteroatoms. The van der Waals surface area contributed by atoms with Crippen LogP contribution in [0.4, 0.5) is 4.79 Å². The standard InChI is InChI=1S/C20H38N2O2/c1-3-5-7-9-11-13-15-21-16-18-22(19-21,20(23)24)17-14-12-10-8-6-4-2/h16,18H,3-15,17,19H2,1-2H3/p+1. The van der Waals surface area contributed by atoms with Crippen LogP contribution in [0.2, 0.25) is 0 Å². The molecule has 1 amide bonds. The number of amides is 1. The van der Waals surface area contributed by atoms with Crippen LogP contribution in [0.15, 0.2) is 12.4 Å². The third-order valence-corrected chi connectivity index (χ3v) is 5.09. The van der Waals surface area contributed by atoms with Gasteiger partial charge in [0.05, 0.1) is 12.7 Å². The Morgan fingerprint density at radius 3 is 2.04 bits per heavy atom. The predicted molar refractivity (Wildman–Crippen MR) is 101 cm³/mol. The molecule has 0 aromatic heterocycles. The second-order valence-electron chi connectivity index (χ2n) is 7.33. The molecule has 1 aliphatic rings. The molecule has 0 spiro atoms. The first-order chi connectivity index (χ1) is 11.6. The molecular formula is C20H39N2O2+. The van der Waals surface area contributed by atoms with Crippen LogP contribution in [0.1, 0.15) is 90.9 Å². The molecule has 24 heavy (non-hydrogen) atoms. The van der Waals surface area contributed by atoms with Crippen molar-refractivity contribution in [2.75, 3.05) is 19.8 Å². The van der Waals surface area contributed by atoms with E-state index in [9.17, 15) is 9.90 Å². The first-order valence-corrected chi connectivity index (χ1v) is 10.2. The number of carboxylic acid groups (broad SMARTS) is 1. The first kappa shape index (κ1) is 21.0. The monoisotopic (exact) mass is 339 g/mol. The van der Waals surface area contributed by atoms with E-state index in [0.717, 1.165) is 25.9 Å². The van der Waals surface area contributed by atoms with E-state index in [1.807, 2.05) is 12.4 Å². The number of nitrogens with zero attached hydrogens (tertiary/aromatic N) is 2. The van der Waals surface area contributed by atoms with Gasteiger partial charge >= 0.3 is 6.09 Å². The maximum Gasteiger partial charge on any atom is 0.519 e. The molecule has 4 nitrogen and oxygen atoms in total. The molecule has 0 saturated heterocycles. The second-order valence-corrected chi connectivity index (χ2v) is 7.33. The van der Waals surface area contributed by atoms with E-state index in [4.69, 9.17) is 0 Å². The highest BCUT2D eigenvalue weighted by Gasteiger charge is 2.39. The Kier molecular flexibility index (Phi) is 10.8. The Bertz CT molecular complexity index is 371. The van der Waals surface area contributed by atoms with Gasteiger partial charge < -0.3 is 10.0 Å². The lowest BCUT2D eigenvalue weighted by molar-refractivity contribution is -0.808. The van der Waals surface area contributed by atoms with E-state index in [1.165, 1.54) is 64.2 Å². The van der Waals surface area contributed by atoms with Crippen LogP contribution in [0, 0.1) is 0 Å². The Labute approximate surface area is 149 Å². The molecule has 0 radical (unpaired) electrons. The van der Waals surface area contributed by atoms with Crippen molar-refractivity contribution >= 4 is 6.09 Å². The van der Waals surface area contributed by atoms with Crippen molar-refractivity contribution < 1.29 is 14.4 Å². The summed E-state index contributed by atoms with van der Waals surface area (Å²) in [6.45, 7) is 6.79. The zero-order valence-corrected chi connectivity index (χ0v) is 16.0. The summed E-state index contributed by atoms with van der Waals surface area (Å²) in [5, 5.41) is 9.69. The molecule has 1 rings (SSSR count). The first-order valence-electron chi connectivity index (χ1n) is 10.2. The Hall–Kier alpha value is -1.03. The summed E-state index contributed by atoms with van der Waals surface area (Å²) in [6, 6.07) is 0. The number of carbonyl (C=O) groups is 1. The number of quaternary nitrogens is 1. The van der Waals surface area contributed by atoms with Gasteiger partial charge in [0, 0.05) is 6.54 Å². The summed E-state index contributed by atoms with van der Waals surface area (Å²) in [7, 11) is 0. The van der Waals surface area contributed by atoms with Gasteiger partial charge in [-0.3, -0.25) is 0 Å². The molecule has 0 aromatic carbocycles. The minimum Gasteiger partial charge on any atom is -0.435 e. The van der Waals surface area contributed by atoms with E-state index in [-0.39, 0.29) is 4.48 Å². The summed E-state index contributed by atoms with van der Waals surface area (Å²) in [4.78, 5) is 14.0. The molecule has 1 N–H and O–H groups in total. The lowest BCUT2D eigenvalue weighted by atomic mass is 10.1. The van der Waals surface area contributed by atoms with Gasteiger partial charge in [-0.1, -0.05) is 71.6 Å². The van der Waals surface area contributed by atoms with E-state index in [1.54, 1.807) is 0 Å². The minimum absolute atomic E-state index is 0.101. The van der Waals surface area contributed by atoms with Crippen molar-refractivity contribution in [2.45, 2.75) is 90.9 Å². The van der Waals surface area contributed by atoms with Crippen LogP contribution in [0.5, 0.6) is 0 Å². The normalized spacial score (nSPS) is 20.0. The summed E-state index contributed by atoms with van der Waals surface area (Å²) >= 11 is 0. The summed E-state index contributed by atoms with van der Waals surface area (Å²) in [5.74, 6) is 0. The lowest BCUT2D eigenvalue weighted by Gasteiger charge is -2.27. The number of hydrogen-bond donors (Lipinski definition) is 1. The summed E-state index contributed by atoms with van der Waals surface area (Å²) < 4.78 is 0.101. The highest BCUT2D eigenvalue weighted by molar-refractivity contribution is 5.57. The quantitative estimate of drug-likeness (QED) is 0.314. The summed E-state index contributed by atoms with van der Waals surface area (Å²) in [6.07, 6.45) is 18.1. The van der Waals surface area contributed by atoms with Gasteiger partial charge in [-0.15, -0.1) is 0 Å². The maximum absolute atomic E-state index is 11.8. The van der Waals surface area contributed by atoms with Gasteiger partial charge in [-0.05, 0) is 19.3 Å². The molecule has 0 saturated carbocycles. The third kappa shape index (κ3) is 7.69. The third-order valence-electron chi connectivity index (χ3n) is 5.09. The van der Waals surface area contributed by atoms with Gasteiger partial charge in [-0.25, -0.2) is 0 Å². The smallest absolute Gasteiger partial charge is 0.435 e. The molecule has 1 atom stereocenters. The zero-order chi connectivity index (χ0) is 17.7. The van der Waals surface area contributed by atoms with E-state index in [2.05, 4.69) is 18.7 Å². The van der Waals surface area contributed by atoms with Crippen molar-refractivity contribution in [2.24, 2.45) is 0 Å². The van der Waals surface area contributed by atoms with Gasteiger partial charge in [0.15, 0.2) is 6.67 Å². The van der Waals surface area contributed by atoms with Crippen molar-refractivity contribution in [3.8, 4) is 0 Å². The van der Waals surface area contributed by atoms with Crippen LogP contribution >= 0.6 is 0 Å². The molecule has 0 aliphatic carbocycles. The molecular weight excluding hydrogens is 300 g/mol.